The second-order valence-electron chi connectivity index (χ2n) is 7.09. The van der Waals surface area contributed by atoms with Gasteiger partial charge >= 0.3 is 5.97 Å². The summed E-state index contributed by atoms with van der Waals surface area (Å²) in [5.41, 5.74) is 1.65. The van der Waals surface area contributed by atoms with E-state index in [-0.39, 0.29) is 17.3 Å². The fourth-order valence-corrected chi connectivity index (χ4v) is 4.60. The Kier molecular flexibility index (Phi) is 6.21. The van der Waals surface area contributed by atoms with Crippen LogP contribution in [0.1, 0.15) is 45.7 Å². The maximum Gasteiger partial charge on any atom is 0.338 e. The smallest absolute Gasteiger partial charge is 0.338 e. The molecule has 0 radical (unpaired) electrons. The number of aliphatic imine (C=N–C) groups is 1. The zero-order chi connectivity index (χ0) is 21.3. The Labute approximate surface area is 175 Å². The predicted molar refractivity (Wildman–Crippen MR) is 112 cm³/mol. The van der Waals surface area contributed by atoms with Gasteiger partial charge in [-0.15, -0.1) is 0 Å². The highest BCUT2D eigenvalue weighted by Gasteiger charge is 2.47. The molecule has 1 aromatic rings. The molecule has 2 aliphatic heterocycles. The first kappa shape index (κ1) is 21.2. The first-order chi connectivity index (χ1) is 13.8. The molecular formula is C21H26N2O5S. The summed E-state index contributed by atoms with van der Waals surface area (Å²) in [4.78, 5) is 32.3. The summed E-state index contributed by atoms with van der Waals surface area (Å²) in [5, 5.41) is 0.393. The number of methoxy groups -OCH3 is 2. The van der Waals surface area contributed by atoms with Crippen molar-refractivity contribution in [2.24, 2.45) is 4.99 Å². The quantitative estimate of drug-likeness (QED) is 0.656. The van der Waals surface area contributed by atoms with Crippen molar-refractivity contribution >= 4 is 28.8 Å². The van der Waals surface area contributed by atoms with Gasteiger partial charge in [-0.25, -0.2) is 9.79 Å². The van der Waals surface area contributed by atoms with E-state index in [1.807, 2.05) is 13.0 Å². The Hall–Kier alpha value is -2.48. The maximum atomic E-state index is 13.1. The van der Waals surface area contributed by atoms with Gasteiger partial charge in [0, 0.05) is 0 Å². The summed E-state index contributed by atoms with van der Waals surface area (Å²) < 4.78 is 16.3. The third kappa shape index (κ3) is 3.85. The van der Waals surface area contributed by atoms with E-state index in [0.717, 1.165) is 5.56 Å². The second kappa shape index (κ2) is 8.49. The summed E-state index contributed by atoms with van der Waals surface area (Å²) in [6.45, 7) is 7.33. The van der Waals surface area contributed by atoms with Gasteiger partial charge in [0.25, 0.3) is 0 Å². The van der Waals surface area contributed by atoms with Gasteiger partial charge in [-0.1, -0.05) is 24.8 Å². The van der Waals surface area contributed by atoms with Crippen LogP contribution in [0.15, 0.2) is 34.5 Å². The van der Waals surface area contributed by atoms with Crippen molar-refractivity contribution in [2.45, 2.75) is 51.5 Å². The molecule has 3 rings (SSSR count). The molecule has 0 N–H and O–H groups in total. The molecule has 0 unspecified atom stereocenters. The minimum Gasteiger partial charge on any atom is -0.493 e. The first-order valence-corrected chi connectivity index (χ1v) is 10.4. The van der Waals surface area contributed by atoms with Gasteiger partial charge in [0.1, 0.15) is 0 Å². The number of nitrogens with zero attached hydrogens (tertiary/aromatic N) is 2. The first-order valence-electron chi connectivity index (χ1n) is 9.54. The standard InChI is InChI=1S/C21H26N2O5S/c1-7-16-19(24)23-18(13-8-9-14(26-5)15(10-13)27-6)17(20(25)28-11(2)3)12(4)22-21(23)29-16/h8-11,16,18H,7H2,1-6H3/t16-,18+/m0/s1. The molecule has 1 amide bonds. The zero-order valence-electron chi connectivity index (χ0n) is 17.5. The number of thioether (sulfide) groups is 1. The van der Waals surface area contributed by atoms with Crippen molar-refractivity contribution in [1.29, 1.82) is 0 Å². The van der Waals surface area contributed by atoms with Gasteiger partial charge in [-0.05, 0) is 44.9 Å². The van der Waals surface area contributed by atoms with Gasteiger partial charge < -0.3 is 14.2 Å². The normalized spacial score (nSPS) is 21.3. The number of amides is 1. The van der Waals surface area contributed by atoms with E-state index in [1.165, 1.54) is 11.8 Å². The molecule has 1 fully saturated rings. The van der Waals surface area contributed by atoms with Gasteiger partial charge in [0.2, 0.25) is 5.91 Å². The highest BCUT2D eigenvalue weighted by molar-refractivity contribution is 8.15. The van der Waals surface area contributed by atoms with Crippen LogP contribution in [0.3, 0.4) is 0 Å². The molecule has 0 spiro atoms. The van der Waals surface area contributed by atoms with Gasteiger partial charge in [0.05, 0.1) is 42.9 Å². The highest BCUT2D eigenvalue weighted by atomic mass is 32.2. The highest BCUT2D eigenvalue weighted by Crippen LogP contribution is 2.45. The fraction of sp³-hybridized carbons (Fsp3) is 0.476. The van der Waals surface area contributed by atoms with Crippen LogP contribution in [0.25, 0.3) is 0 Å². The number of ether oxygens (including phenoxy) is 3. The summed E-state index contributed by atoms with van der Waals surface area (Å²) in [6, 6.07) is 4.76. The van der Waals surface area contributed by atoms with Crippen LogP contribution in [-0.4, -0.2) is 47.5 Å². The SMILES string of the molecule is CC[C@@H]1SC2=NC(C)=C(C(=O)OC(C)C)[C@@H](c3ccc(OC)c(OC)c3)N2C1=O. The van der Waals surface area contributed by atoms with Crippen molar-refractivity contribution in [1.82, 2.24) is 4.90 Å². The van der Waals surface area contributed by atoms with Crippen LogP contribution in [0.4, 0.5) is 0 Å². The average Bonchev–Trinajstić information content (AvgIpc) is 3.00. The molecule has 0 aromatic heterocycles. The Morgan fingerprint density at radius 3 is 2.52 bits per heavy atom. The molecule has 1 saturated heterocycles. The van der Waals surface area contributed by atoms with Crippen molar-refractivity contribution in [3.8, 4) is 11.5 Å². The van der Waals surface area contributed by atoms with E-state index < -0.39 is 12.0 Å². The molecule has 0 saturated carbocycles. The summed E-state index contributed by atoms with van der Waals surface area (Å²) in [7, 11) is 3.11. The minimum atomic E-state index is -0.634. The number of esters is 1. The number of carbonyl (C=O) groups is 2. The number of fused-ring (bicyclic) bond motifs is 1. The van der Waals surface area contributed by atoms with Crippen molar-refractivity contribution in [2.75, 3.05) is 14.2 Å². The van der Waals surface area contributed by atoms with E-state index >= 15 is 0 Å². The van der Waals surface area contributed by atoms with E-state index in [2.05, 4.69) is 4.99 Å². The summed E-state index contributed by atoms with van der Waals surface area (Å²) >= 11 is 1.43. The second-order valence-corrected chi connectivity index (χ2v) is 8.26. The van der Waals surface area contributed by atoms with Gasteiger partial charge in [0.15, 0.2) is 16.7 Å². The third-order valence-electron chi connectivity index (χ3n) is 4.81. The minimum absolute atomic E-state index is 0.0571. The number of hydrogen-bond acceptors (Lipinski definition) is 7. The molecule has 2 aliphatic rings. The van der Waals surface area contributed by atoms with Gasteiger partial charge in [-0.2, -0.15) is 0 Å². The van der Waals surface area contributed by atoms with Crippen LogP contribution in [0, 0.1) is 0 Å². The monoisotopic (exact) mass is 418 g/mol. The average molecular weight is 419 g/mol. The molecule has 8 heteroatoms. The molecule has 0 aliphatic carbocycles. The zero-order valence-corrected chi connectivity index (χ0v) is 18.3. The lowest BCUT2D eigenvalue weighted by atomic mass is 9.93. The molecular weight excluding hydrogens is 392 g/mol. The van der Waals surface area contributed by atoms with Crippen molar-refractivity contribution in [3.05, 3.63) is 35.0 Å². The molecule has 156 valence electrons. The molecule has 1 aromatic carbocycles. The fourth-order valence-electron chi connectivity index (χ4n) is 3.47. The number of benzene rings is 1. The summed E-state index contributed by atoms with van der Waals surface area (Å²) in [6.07, 6.45) is 0.397. The number of allylic oxidation sites excluding steroid dienone is 1. The van der Waals surface area contributed by atoms with Gasteiger partial charge in [-0.3, -0.25) is 9.69 Å². The molecule has 7 nitrogen and oxygen atoms in total. The molecule has 0 bridgehead atoms. The Balaban J connectivity index is 2.16. The Bertz CT molecular complexity index is 893. The Morgan fingerprint density at radius 1 is 1.24 bits per heavy atom. The lowest BCUT2D eigenvalue weighted by Crippen LogP contribution is -2.41. The number of rotatable bonds is 6. The molecule has 29 heavy (non-hydrogen) atoms. The summed E-state index contributed by atoms with van der Waals surface area (Å²) in [5.74, 6) is 0.562. The largest absolute Gasteiger partial charge is 0.493 e. The lowest BCUT2D eigenvalue weighted by Gasteiger charge is -2.33. The van der Waals surface area contributed by atoms with Crippen LogP contribution in [0.5, 0.6) is 11.5 Å². The van der Waals surface area contributed by atoms with Crippen molar-refractivity contribution < 1.29 is 23.8 Å². The molecule has 2 heterocycles. The van der Waals surface area contributed by atoms with Crippen LogP contribution >= 0.6 is 11.8 Å². The van der Waals surface area contributed by atoms with Crippen LogP contribution in [-0.2, 0) is 14.3 Å². The predicted octanol–water partition coefficient (Wildman–Crippen LogP) is 3.69. The van der Waals surface area contributed by atoms with E-state index in [1.54, 1.807) is 52.0 Å². The maximum absolute atomic E-state index is 13.1. The lowest BCUT2D eigenvalue weighted by molar-refractivity contribution is -0.143. The number of carbonyl (C=O) groups excluding carboxylic acids is 2. The van der Waals surface area contributed by atoms with E-state index in [0.29, 0.717) is 34.4 Å². The number of hydrogen-bond donors (Lipinski definition) is 0. The number of amidine groups is 1. The third-order valence-corrected chi connectivity index (χ3v) is 6.13. The topological polar surface area (TPSA) is 77.4 Å². The van der Waals surface area contributed by atoms with Crippen LogP contribution < -0.4 is 9.47 Å². The molecule has 2 atom stereocenters. The van der Waals surface area contributed by atoms with Crippen molar-refractivity contribution in [3.63, 3.8) is 0 Å². The van der Waals surface area contributed by atoms with Crippen LogP contribution in [0.2, 0.25) is 0 Å². The Morgan fingerprint density at radius 2 is 1.93 bits per heavy atom. The van der Waals surface area contributed by atoms with E-state index in [4.69, 9.17) is 14.2 Å². The van der Waals surface area contributed by atoms with E-state index in [9.17, 15) is 9.59 Å².